The van der Waals surface area contributed by atoms with Crippen molar-refractivity contribution < 1.29 is 5.11 Å². The minimum Gasteiger partial charge on any atom is -0.507 e. The standard InChI is InChI=1S/C22H32NOP/c1-21(2,3)15-13-16(22(4,5)6)20(24)19(14-15)25-18-12-10-9-11-17(18)23(7)8/h9-14,24-25H,1-8H3. The van der Waals surface area contributed by atoms with Gasteiger partial charge in [0.15, 0.2) is 0 Å². The Labute approximate surface area is 155 Å². The normalized spacial score (nSPS) is 12.8. The minimum absolute atomic E-state index is 0.0496. The van der Waals surface area contributed by atoms with E-state index in [1.807, 2.05) is 0 Å². The van der Waals surface area contributed by atoms with Gasteiger partial charge >= 0.3 is 0 Å². The van der Waals surface area contributed by atoms with Gasteiger partial charge in [-0.1, -0.05) is 74.4 Å². The van der Waals surface area contributed by atoms with Crippen LogP contribution in [0.1, 0.15) is 52.7 Å². The maximum atomic E-state index is 11.0. The molecule has 0 aliphatic carbocycles. The summed E-state index contributed by atoms with van der Waals surface area (Å²) in [6.07, 6.45) is 0. The lowest BCUT2D eigenvalue weighted by Crippen LogP contribution is -2.22. The van der Waals surface area contributed by atoms with Gasteiger partial charge in [-0.25, -0.2) is 0 Å². The molecule has 2 aromatic rings. The van der Waals surface area contributed by atoms with E-state index in [2.05, 4.69) is 96.9 Å². The largest absolute Gasteiger partial charge is 0.507 e. The number of aromatic hydroxyl groups is 1. The molecule has 0 heterocycles. The van der Waals surface area contributed by atoms with Crippen molar-refractivity contribution in [2.24, 2.45) is 0 Å². The van der Waals surface area contributed by atoms with E-state index in [4.69, 9.17) is 0 Å². The van der Waals surface area contributed by atoms with Crippen LogP contribution in [0.5, 0.6) is 5.75 Å². The Bertz CT molecular complexity index is 752. The molecule has 0 aliphatic rings. The summed E-state index contributed by atoms with van der Waals surface area (Å²) in [5, 5.41) is 13.3. The fraction of sp³-hybridized carbons (Fsp3) is 0.455. The average molecular weight is 357 g/mol. The fourth-order valence-electron chi connectivity index (χ4n) is 2.85. The molecule has 1 N–H and O–H groups in total. The second-order valence-corrected chi connectivity index (χ2v) is 10.3. The van der Waals surface area contributed by atoms with Gasteiger partial charge in [-0.2, -0.15) is 0 Å². The third kappa shape index (κ3) is 4.55. The molecule has 0 bridgehead atoms. The smallest absolute Gasteiger partial charge is 0.127 e. The number of phenolic OH excluding ortho intramolecular Hbond substituents is 1. The molecule has 0 saturated carbocycles. The van der Waals surface area contributed by atoms with Gasteiger partial charge in [0.25, 0.3) is 0 Å². The lowest BCUT2D eigenvalue weighted by molar-refractivity contribution is 0.449. The van der Waals surface area contributed by atoms with Crippen molar-refractivity contribution >= 4 is 24.9 Å². The van der Waals surface area contributed by atoms with Crippen molar-refractivity contribution in [3.63, 3.8) is 0 Å². The molecule has 136 valence electrons. The van der Waals surface area contributed by atoms with Crippen molar-refractivity contribution in [1.29, 1.82) is 0 Å². The minimum atomic E-state index is -0.0916. The Morgan fingerprint density at radius 3 is 1.96 bits per heavy atom. The molecule has 25 heavy (non-hydrogen) atoms. The highest BCUT2D eigenvalue weighted by atomic mass is 31.1. The van der Waals surface area contributed by atoms with Crippen LogP contribution in [0.15, 0.2) is 36.4 Å². The van der Waals surface area contributed by atoms with Gasteiger partial charge in [0.05, 0.1) is 0 Å². The van der Waals surface area contributed by atoms with Crippen LogP contribution in [0.25, 0.3) is 0 Å². The molecule has 0 amide bonds. The summed E-state index contributed by atoms with van der Waals surface area (Å²) < 4.78 is 0. The van der Waals surface area contributed by atoms with Crippen LogP contribution in [0.2, 0.25) is 0 Å². The molecular weight excluding hydrogens is 325 g/mol. The Kier molecular flexibility index (Phi) is 5.54. The van der Waals surface area contributed by atoms with Crippen LogP contribution in [-0.2, 0) is 10.8 Å². The SMILES string of the molecule is CN(C)c1ccccc1Pc1cc(C(C)(C)C)cc(C(C)(C)C)c1O. The first-order chi connectivity index (χ1) is 11.4. The zero-order valence-electron chi connectivity index (χ0n) is 16.9. The Morgan fingerprint density at radius 1 is 0.840 bits per heavy atom. The Hall–Kier alpha value is -1.53. The highest BCUT2D eigenvalue weighted by molar-refractivity contribution is 7.56. The molecule has 3 heteroatoms. The highest BCUT2D eigenvalue weighted by Crippen LogP contribution is 2.36. The predicted molar refractivity (Wildman–Crippen MR) is 114 cm³/mol. The molecule has 2 rings (SSSR count). The van der Waals surface area contributed by atoms with Gasteiger partial charge < -0.3 is 10.0 Å². The van der Waals surface area contributed by atoms with Crippen LogP contribution in [0, 0.1) is 0 Å². The summed E-state index contributed by atoms with van der Waals surface area (Å²) in [7, 11) is 4.56. The molecule has 2 nitrogen and oxygen atoms in total. The second kappa shape index (κ2) is 7.00. The molecule has 1 atom stereocenters. The summed E-state index contributed by atoms with van der Waals surface area (Å²) in [6, 6.07) is 12.8. The first kappa shape index (κ1) is 19.8. The number of benzene rings is 2. The zero-order valence-corrected chi connectivity index (χ0v) is 17.9. The lowest BCUT2D eigenvalue weighted by Gasteiger charge is -2.28. The molecule has 1 unspecified atom stereocenters. The van der Waals surface area contributed by atoms with E-state index < -0.39 is 0 Å². The fourth-order valence-corrected chi connectivity index (χ4v) is 4.23. The van der Waals surface area contributed by atoms with Crippen LogP contribution >= 0.6 is 8.58 Å². The number of rotatable bonds is 3. The predicted octanol–water partition coefficient (Wildman–Crippen LogP) is 4.68. The van der Waals surface area contributed by atoms with E-state index in [0.717, 1.165) is 10.9 Å². The maximum absolute atomic E-state index is 11.0. The molecule has 2 aromatic carbocycles. The summed E-state index contributed by atoms with van der Waals surface area (Å²) in [5.74, 6) is 0.451. The Balaban J connectivity index is 2.62. The zero-order chi connectivity index (χ0) is 19.0. The van der Waals surface area contributed by atoms with E-state index >= 15 is 0 Å². The molecule has 0 aromatic heterocycles. The highest BCUT2D eigenvalue weighted by Gasteiger charge is 2.25. The second-order valence-electron chi connectivity index (χ2n) is 8.96. The molecule has 0 radical (unpaired) electrons. The van der Waals surface area contributed by atoms with Crippen LogP contribution in [-0.4, -0.2) is 19.2 Å². The van der Waals surface area contributed by atoms with Gasteiger partial charge in [-0.15, -0.1) is 0 Å². The maximum Gasteiger partial charge on any atom is 0.127 e. The van der Waals surface area contributed by atoms with Crippen molar-refractivity contribution in [2.45, 2.75) is 52.4 Å². The quantitative estimate of drug-likeness (QED) is 0.806. The Morgan fingerprint density at radius 2 is 1.44 bits per heavy atom. The molecular formula is C22H32NOP. The lowest BCUT2D eigenvalue weighted by atomic mass is 9.80. The summed E-state index contributed by atoms with van der Waals surface area (Å²) in [5.41, 5.74) is 3.48. The molecule has 0 fully saturated rings. The van der Waals surface area contributed by atoms with Gasteiger partial charge in [-0.3, -0.25) is 0 Å². The number of phenols is 1. The number of hydrogen-bond acceptors (Lipinski definition) is 2. The molecule has 0 spiro atoms. The van der Waals surface area contributed by atoms with E-state index in [0.29, 0.717) is 14.3 Å². The van der Waals surface area contributed by atoms with Crippen molar-refractivity contribution in [3.05, 3.63) is 47.5 Å². The first-order valence-electron chi connectivity index (χ1n) is 8.82. The summed E-state index contributed by atoms with van der Waals surface area (Å²) >= 11 is 0. The van der Waals surface area contributed by atoms with Crippen molar-refractivity contribution in [1.82, 2.24) is 0 Å². The van der Waals surface area contributed by atoms with Gasteiger partial charge in [0.1, 0.15) is 5.75 Å². The van der Waals surface area contributed by atoms with E-state index in [-0.39, 0.29) is 10.8 Å². The van der Waals surface area contributed by atoms with E-state index in [9.17, 15) is 5.11 Å². The molecule has 0 saturated heterocycles. The third-order valence-electron chi connectivity index (χ3n) is 4.44. The summed E-state index contributed by atoms with van der Waals surface area (Å²) in [6.45, 7) is 13.2. The van der Waals surface area contributed by atoms with Crippen LogP contribution < -0.4 is 15.5 Å². The van der Waals surface area contributed by atoms with Crippen LogP contribution in [0.3, 0.4) is 0 Å². The third-order valence-corrected chi connectivity index (χ3v) is 5.78. The first-order valence-corrected chi connectivity index (χ1v) is 9.82. The van der Waals surface area contributed by atoms with E-state index in [1.54, 1.807) is 0 Å². The number of nitrogens with zero attached hydrogens (tertiary/aromatic N) is 1. The topological polar surface area (TPSA) is 23.5 Å². The van der Waals surface area contributed by atoms with Gasteiger partial charge in [0.2, 0.25) is 0 Å². The number of hydrogen-bond donors (Lipinski definition) is 1. The van der Waals surface area contributed by atoms with Crippen molar-refractivity contribution in [3.8, 4) is 5.75 Å². The van der Waals surface area contributed by atoms with Gasteiger partial charge in [-0.05, 0) is 28.5 Å². The van der Waals surface area contributed by atoms with Crippen molar-refractivity contribution in [2.75, 3.05) is 19.0 Å². The average Bonchev–Trinajstić information content (AvgIpc) is 2.47. The molecule has 0 aliphatic heterocycles. The van der Waals surface area contributed by atoms with Crippen LogP contribution in [0.4, 0.5) is 5.69 Å². The summed E-state index contributed by atoms with van der Waals surface area (Å²) in [4.78, 5) is 2.14. The van der Waals surface area contributed by atoms with E-state index in [1.165, 1.54) is 16.6 Å². The number of para-hydroxylation sites is 1. The monoisotopic (exact) mass is 357 g/mol. The van der Waals surface area contributed by atoms with Gasteiger partial charge in [0, 0.05) is 36.0 Å². The number of anilines is 1.